The summed E-state index contributed by atoms with van der Waals surface area (Å²) in [6.07, 6.45) is 0. The Morgan fingerprint density at radius 2 is 1.55 bits per heavy atom. The predicted molar refractivity (Wildman–Crippen MR) is 109 cm³/mol. The Bertz CT molecular complexity index is 1020. The summed E-state index contributed by atoms with van der Waals surface area (Å²) in [6.45, 7) is 2.03. The fraction of sp³-hybridized carbons (Fsp3) is 0.143. The van der Waals surface area contributed by atoms with E-state index in [0.29, 0.717) is 22.9 Å². The maximum atomic E-state index is 5.45. The molecule has 0 heterocycles. The number of aryl methyl sites for hydroxylation is 1. The molecular formula is C21H22N5O3+. The summed E-state index contributed by atoms with van der Waals surface area (Å²) in [7, 11) is 3.43. The van der Waals surface area contributed by atoms with Crippen LogP contribution < -0.4 is 15.5 Å². The van der Waals surface area contributed by atoms with Crippen molar-refractivity contribution in [3.8, 4) is 11.5 Å². The Kier molecular flexibility index (Phi) is 6.62. The second-order valence-electron chi connectivity index (χ2n) is 6.19. The standard InChI is InChI=1S/C21H22N5O3/c1-15-4-6-16(7-5-15)23-24-20-13-8-17(14-21(20)27-3)25-26(2)18-9-11-19(12-10-18)28-29-22/h4-14H,22H2,1-3H3/q+1. The first kappa shape index (κ1) is 20.1. The molecule has 3 aromatic rings. The minimum absolute atomic E-state index is 0.495. The summed E-state index contributed by atoms with van der Waals surface area (Å²) in [6, 6.07) is 20.4. The van der Waals surface area contributed by atoms with Crippen molar-refractivity contribution in [3.05, 3.63) is 72.3 Å². The highest BCUT2D eigenvalue weighted by molar-refractivity contribution is 5.58. The van der Waals surface area contributed by atoms with Gasteiger partial charge in [-0.15, -0.1) is 5.11 Å². The number of azo groups is 3. The Morgan fingerprint density at radius 3 is 2.21 bits per heavy atom. The molecule has 0 saturated carbocycles. The summed E-state index contributed by atoms with van der Waals surface area (Å²) >= 11 is 0. The van der Waals surface area contributed by atoms with Crippen molar-refractivity contribution in [3.63, 3.8) is 0 Å². The lowest BCUT2D eigenvalue weighted by molar-refractivity contribution is -0.476. The molecule has 2 N–H and O–H groups in total. The molecule has 0 radical (unpaired) electrons. The highest BCUT2D eigenvalue weighted by Gasteiger charge is 2.09. The van der Waals surface area contributed by atoms with E-state index in [-0.39, 0.29) is 0 Å². The first-order valence-corrected chi connectivity index (χ1v) is 8.84. The lowest BCUT2D eigenvalue weighted by Crippen LogP contribution is -2.03. The van der Waals surface area contributed by atoms with Crippen molar-refractivity contribution < 1.29 is 19.3 Å². The minimum atomic E-state index is 0.495. The maximum absolute atomic E-state index is 5.45. The van der Waals surface area contributed by atoms with Crippen LogP contribution >= 0.6 is 0 Å². The molecule has 0 amide bonds. The van der Waals surface area contributed by atoms with Gasteiger partial charge in [0.2, 0.25) is 5.69 Å². The Hall–Kier alpha value is -3.62. The van der Waals surface area contributed by atoms with Gasteiger partial charge >= 0.3 is 0 Å². The molecule has 3 aromatic carbocycles. The van der Waals surface area contributed by atoms with Crippen molar-refractivity contribution >= 4 is 22.7 Å². The maximum Gasteiger partial charge on any atom is 0.231 e. The molecule has 0 aromatic heterocycles. The van der Waals surface area contributed by atoms with Crippen LogP contribution in [0.1, 0.15) is 5.56 Å². The number of nitrogens with two attached hydrogens (primary N) is 1. The topological polar surface area (TPSA) is 93.8 Å². The van der Waals surface area contributed by atoms with E-state index in [1.165, 1.54) is 5.56 Å². The van der Waals surface area contributed by atoms with Gasteiger partial charge in [-0.25, -0.2) is 0 Å². The largest absolute Gasteiger partial charge is 0.494 e. The fourth-order valence-corrected chi connectivity index (χ4v) is 2.54. The summed E-state index contributed by atoms with van der Waals surface area (Å²) in [5, 5.41) is 13.1. The quantitative estimate of drug-likeness (QED) is 0.243. The highest BCUT2D eigenvalue weighted by atomic mass is 17.3. The fourth-order valence-electron chi connectivity index (χ4n) is 2.54. The van der Waals surface area contributed by atoms with Crippen molar-refractivity contribution in [2.75, 3.05) is 14.2 Å². The van der Waals surface area contributed by atoms with Gasteiger partial charge in [0.25, 0.3) is 0 Å². The van der Waals surface area contributed by atoms with E-state index < -0.39 is 0 Å². The molecule has 0 bridgehead atoms. The highest BCUT2D eigenvalue weighted by Crippen LogP contribution is 2.33. The van der Waals surface area contributed by atoms with Gasteiger partial charge in [-0.05, 0) is 48.4 Å². The second kappa shape index (κ2) is 9.54. The minimum Gasteiger partial charge on any atom is -0.494 e. The molecule has 8 nitrogen and oxygen atoms in total. The third-order valence-electron chi connectivity index (χ3n) is 4.09. The third kappa shape index (κ3) is 5.44. The zero-order valence-electron chi connectivity index (χ0n) is 16.4. The van der Waals surface area contributed by atoms with E-state index in [1.54, 1.807) is 30.0 Å². The number of methoxy groups -OCH3 is 1. The second-order valence-corrected chi connectivity index (χ2v) is 6.19. The molecule has 0 aliphatic rings. The van der Waals surface area contributed by atoms with Gasteiger partial charge in [-0.3, -0.25) is 0 Å². The van der Waals surface area contributed by atoms with E-state index in [1.807, 2.05) is 62.5 Å². The van der Waals surface area contributed by atoms with Gasteiger partial charge in [0.05, 0.1) is 12.8 Å². The molecule has 0 aliphatic carbocycles. The van der Waals surface area contributed by atoms with Gasteiger partial charge < -0.3 is 9.62 Å². The summed E-state index contributed by atoms with van der Waals surface area (Å²) < 4.78 is 7.18. The van der Waals surface area contributed by atoms with Crippen LogP contribution in [0, 0.1) is 6.92 Å². The number of ether oxygens (including phenoxy) is 1. The molecule has 0 fully saturated rings. The molecule has 0 aliphatic heterocycles. The van der Waals surface area contributed by atoms with Gasteiger partial charge in [0.1, 0.15) is 17.1 Å². The van der Waals surface area contributed by atoms with Crippen LogP contribution in [0.25, 0.3) is 0 Å². The molecular weight excluding hydrogens is 370 g/mol. The lowest BCUT2D eigenvalue weighted by atomic mass is 10.2. The molecule has 0 atom stereocenters. The molecule has 29 heavy (non-hydrogen) atoms. The van der Waals surface area contributed by atoms with Crippen LogP contribution in [-0.2, 0) is 4.99 Å². The summed E-state index contributed by atoms with van der Waals surface area (Å²) in [5.41, 5.74) is 4.14. The van der Waals surface area contributed by atoms with E-state index in [0.717, 1.165) is 11.4 Å². The average Bonchev–Trinajstić information content (AvgIpc) is 2.74. The molecule has 3 rings (SSSR count). The summed E-state index contributed by atoms with van der Waals surface area (Å²) in [4.78, 5) is 8.90. The van der Waals surface area contributed by atoms with Crippen LogP contribution in [0.3, 0.4) is 0 Å². The number of hydrogen-bond acceptors (Lipinski definition) is 7. The Morgan fingerprint density at radius 1 is 0.862 bits per heavy atom. The van der Waals surface area contributed by atoms with Gasteiger partial charge in [0.15, 0.2) is 12.8 Å². The Balaban J connectivity index is 1.80. The smallest absolute Gasteiger partial charge is 0.231 e. The van der Waals surface area contributed by atoms with Crippen LogP contribution in [0.2, 0.25) is 0 Å². The van der Waals surface area contributed by atoms with Crippen molar-refractivity contribution in [2.45, 2.75) is 6.92 Å². The molecule has 0 spiro atoms. The van der Waals surface area contributed by atoms with E-state index in [4.69, 9.17) is 15.5 Å². The van der Waals surface area contributed by atoms with Crippen LogP contribution in [0.5, 0.6) is 11.5 Å². The van der Waals surface area contributed by atoms with Crippen molar-refractivity contribution in [1.82, 2.24) is 0 Å². The number of hydrogen-bond donors (Lipinski definition) is 1. The lowest BCUT2D eigenvalue weighted by Gasteiger charge is -2.04. The Labute approximate surface area is 168 Å². The number of benzene rings is 3. The first-order valence-electron chi connectivity index (χ1n) is 8.84. The zero-order chi connectivity index (χ0) is 20.6. The normalized spacial score (nSPS) is 11.7. The van der Waals surface area contributed by atoms with E-state index in [9.17, 15) is 0 Å². The predicted octanol–water partition coefficient (Wildman–Crippen LogP) is 5.66. The monoisotopic (exact) mass is 392 g/mol. The summed E-state index contributed by atoms with van der Waals surface area (Å²) in [5.74, 6) is 5.96. The number of nitrogens with zero attached hydrogens (tertiary/aromatic N) is 4. The van der Waals surface area contributed by atoms with Crippen LogP contribution in [0.15, 0.2) is 82.1 Å². The number of rotatable bonds is 7. The van der Waals surface area contributed by atoms with Crippen molar-refractivity contribution in [1.29, 1.82) is 0 Å². The molecule has 0 unspecified atom stereocenters. The molecule has 148 valence electrons. The molecule has 0 saturated heterocycles. The zero-order valence-corrected chi connectivity index (χ0v) is 16.4. The van der Waals surface area contributed by atoms with Gasteiger partial charge in [0, 0.05) is 18.2 Å². The molecule has 8 heteroatoms. The average molecular weight is 392 g/mol. The van der Waals surface area contributed by atoms with E-state index >= 15 is 0 Å². The van der Waals surface area contributed by atoms with Crippen LogP contribution in [0.4, 0.5) is 22.7 Å². The van der Waals surface area contributed by atoms with E-state index in [2.05, 4.69) is 20.3 Å². The van der Waals surface area contributed by atoms with Gasteiger partial charge in [-0.2, -0.15) is 11.0 Å². The third-order valence-corrected chi connectivity index (χ3v) is 4.09. The first-order chi connectivity index (χ1) is 14.1. The SMILES string of the molecule is COc1cc(N=[N+](C)c2ccc(OON)cc2)ccc1N=Nc1ccc(C)cc1. The van der Waals surface area contributed by atoms with Crippen LogP contribution in [-0.4, -0.2) is 18.9 Å². The van der Waals surface area contributed by atoms with Crippen molar-refractivity contribution in [2.24, 2.45) is 21.2 Å². The van der Waals surface area contributed by atoms with Gasteiger partial charge in [-0.1, -0.05) is 27.4 Å².